The number of carbonyl (C=O) groups is 2. The van der Waals surface area contributed by atoms with Gasteiger partial charge in [-0.2, -0.15) is 5.26 Å². The van der Waals surface area contributed by atoms with E-state index in [-0.39, 0.29) is 24.1 Å². The summed E-state index contributed by atoms with van der Waals surface area (Å²) in [6.45, 7) is 0. The second-order valence-electron chi connectivity index (χ2n) is 4.29. The number of benzene rings is 1. The van der Waals surface area contributed by atoms with Crippen LogP contribution in [0, 0.1) is 21.4 Å². The van der Waals surface area contributed by atoms with Crippen LogP contribution in [0.5, 0.6) is 0 Å². The van der Waals surface area contributed by atoms with Crippen LogP contribution in [-0.4, -0.2) is 22.8 Å². The fraction of sp³-hybridized carbons (Fsp3) is 0.308. The number of nitro benzene ring substituents is 1. The summed E-state index contributed by atoms with van der Waals surface area (Å²) in [6, 6.07) is 6.16. The van der Waals surface area contributed by atoms with Crippen LogP contribution in [0.4, 0.5) is 5.69 Å². The summed E-state index contributed by atoms with van der Waals surface area (Å²) in [5.74, 6) is -1.34. The minimum absolute atomic E-state index is 0.0655. The van der Waals surface area contributed by atoms with E-state index in [2.05, 4.69) is 5.32 Å². The Hall–Kier alpha value is -2.95. The Morgan fingerprint density at radius 2 is 2.19 bits per heavy atom. The third-order valence-corrected chi connectivity index (χ3v) is 2.75. The number of hydrogen-bond acceptors (Lipinski definition) is 5. The molecule has 0 bridgehead atoms. The molecule has 1 rings (SSSR count). The van der Waals surface area contributed by atoms with Gasteiger partial charge in [-0.1, -0.05) is 6.07 Å². The Kier molecular flexibility index (Phi) is 5.82. The number of primary amides is 1. The molecule has 1 atom stereocenters. The number of carbonyl (C=O) groups excluding carboxylic acids is 2. The molecule has 0 aliphatic rings. The Bertz CT molecular complexity index is 594. The van der Waals surface area contributed by atoms with Crippen molar-refractivity contribution in [3.63, 3.8) is 0 Å². The maximum absolute atomic E-state index is 12.0. The number of hydrogen-bond donors (Lipinski definition) is 2. The summed E-state index contributed by atoms with van der Waals surface area (Å²) in [5.41, 5.74) is 5.02. The predicted molar refractivity (Wildman–Crippen MR) is 73.0 cm³/mol. The van der Waals surface area contributed by atoms with Crippen LogP contribution < -0.4 is 11.1 Å². The quantitative estimate of drug-likeness (QED) is 0.435. The van der Waals surface area contributed by atoms with Crippen molar-refractivity contribution in [1.29, 1.82) is 5.26 Å². The van der Waals surface area contributed by atoms with Crippen LogP contribution in [0.2, 0.25) is 0 Å². The van der Waals surface area contributed by atoms with Gasteiger partial charge >= 0.3 is 0 Å². The zero-order valence-corrected chi connectivity index (χ0v) is 11.1. The van der Waals surface area contributed by atoms with Gasteiger partial charge in [-0.15, -0.1) is 0 Å². The molecule has 1 aromatic carbocycles. The Labute approximate surface area is 120 Å². The van der Waals surface area contributed by atoms with E-state index in [1.54, 1.807) is 0 Å². The van der Waals surface area contributed by atoms with Crippen molar-refractivity contribution < 1.29 is 14.5 Å². The minimum Gasteiger partial charge on any atom is -0.368 e. The van der Waals surface area contributed by atoms with Crippen molar-refractivity contribution in [3.05, 3.63) is 39.9 Å². The number of nitrogens with one attached hydrogen (secondary N) is 1. The van der Waals surface area contributed by atoms with Gasteiger partial charge in [0.15, 0.2) is 0 Å². The van der Waals surface area contributed by atoms with Crippen molar-refractivity contribution in [3.8, 4) is 6.07 Å². The van der Waals surface area contributed by atoms with Crippen LogP contribution in [-0.2, 0) is 4.79 Å². The molecule has 0 spiro atoms. The maximum atomic E-state index is 12.0. The topological polar surface area (TPSA) is 139 Å². The standard InChI is InChI=1S/C13H14N4O4/c14-7-2-1-6-11(12(15)18)16-13(19)9-4-3-5-10(8-9)17(20)21/h3-5,8,11H,1-2,6H2,(H2,15,18)(H,16,19)/t11-/m0/s1. The molecule has 0 saturated heterocycles. The molecule has 0 unspecified atom stereocenters. The van der Waals surface area contributed by atoms with Crippen LogP contribution >= 0.6 is 0 Å². The molecule has 8 heteroatoms. The molecular formula is C13H14N4O4. The molecule has 110 valence electrons. The molecule has 2 amide bonds. The van der Waals surface area contributed by atoms with Crippen molar-refractivity contribution in [2.45, 2.75) is 25.3 Å². The van der Waals surface area contributed by atoms with Gasteiger partial charge in [0.25, 0.3) is 11.6 Å². The lowest BCUT2D eigenvalue weighted by atomic mass is 10.1. The summed E-state index contributed by atoms with van der Waals surface area (Å²) in [7, 11) is 0. The molecule has 0 aliphatic carbocycles. The largest absolute Gasteiger partial charge is 0.368 e. The average molecular weight is 290 g/mol. The van der Waals surface area contributed by atoms with E-state index in [4.69, 9.17) is 11.0 Å². The number of unbranched alkanes of at least 4 members (excludes halogenated alkanes) is 1. The number of non-ortho nitro benzene ring substituents is 1. The summed E-state index contributed by atoms with van der Waals surface area (Å²) < 4.78 is 0. The first kappa shape index (κ1) is 16.1. The van der Waals surface area contributed by atoms with E-state index in [9.17, 15) is 19.7 Å². The van der Waals surface area contributed by atoms with E-state index < -0.39 is 22.8 Å². The molecule has 0 aliphatic heterocycles. The highest BCUT2D eigenvalue weighted by Gasteiger charge is 2.19. The first-order valence-corrected chi connectivity index (χ1v) is 6.17. The number of rotatable bonds is 7. The van der Waals surface area contributed by atoms with Crippen LogP contribution in [0.15, 0.2) is 24.3 Å². The number of nitro groups is 1. The SMILES string of the molecule is N#CCCC[C@H](NC(=O)c1cccc([N+](=O)[O-])c1)C(N)=O. The number of nitrogens with two attached hydrogens (primary N) is 1. The van der Waals surface area contributed by atoms with E-state index in [0.29, 0.717) is 6.42 Å². The highest BCUT2D eigenvalue weighted by molar-refractivity contribution is 5.97. The summed E-state index contributed by atoms with van der Waals surface area (Å²) in [6.07, 6.45) is 0.902. The Morgan fingerprint density at radius 3 is 2.76 bits per heavy atom. The molecule has 0 saturated carbocycles. The lowest BCUT2D eigenvalue weighted by molar-refractivity contribution is -0.384. The predicted octanol–water partition coefficient (Wildman–Crippen LogP) is 0.872. The van der Waals surface area contributed by atoms with E-state index in [1.807, 2.05) is 6.07 Å². The third-order valence-electron chi connectivity index (χ3n) is 2.75. The highest BCUT2D eigenvalue weighted by atomic mass is 16.6. The summed E-state index contributed by atoms with van der Waals surface area (Å²) in [4.78, 5) is 33.2. The molecule has 3 N–H and O–H groups in total. The second-order valence-corrected chi connectivity index (χ2v) is 4.29. The fourth-order valence-electron chi connectivity index (χ4n) is 1.67. The summed E-state index contributed by atoms with van der Waals surface area (Å²) in [5, 5.41) is 21.5. The van der Waals surface area contributed by atoms with Crippen molar-refractivity contribution in [2.24, 2.45) is 5.73 Å². The smallest absolute Gasteiger partial charge is 0.270 e. The van der Waals surface area contributed by atoms with Gasteiger partial charge in [-0.05, 0) is 18.9 Å². The molecule has 0 radical (unpaired) electrons. The number of nitrogens with zero attached hydrogens (tertiary/aromatic N) is 2. The zero-order valence-electron chi connectivity index (χ0n) is 11.1. The van der Waals surface area contributed by atoms with Crippen molar-refractivity contribution in [2.75, 3.05) is 0 Å². The molecule has 0 aromatic heterocycles. The number of amides is 2. The first-order valence-electron chi connectivity index (χ1n) is 6.17. The fourth-order valence-corrected chi connectivity index (χ4v) is 1.67. The van der Waals surface area contributed by atoms with Crippen LogP contribution in [0.25, 0.3) is 0 Å². The van der Waals surface area contributed by atoms with Crippen LogP contribution in [0.3, 0.4) is 0 Å². The lowest BCUT2D eigenvalue weighted by Crippen LogP contribution is -2.44. The normalized spacial score (nSPS) is 11.2. The monoisotopic (exact) mass is 290 g/mol. The second kappa shape index (κ2) is 7.59. The molecule has 1 aromatic rings. The van der Waals surface area contributed by atoms with Gasteiger partial charge in [0.05, 0.1) is 11.0 Å². The lowest BCUT2D eigenvalue weighted by Gasteiger charge is -2.14. The Morgan fingerprint density at radius 1 is 1.48 bits per heavy atom. The summed E-state index contributed by atoms with van der Waals surface area (Å²) >= 11 is 0. The molecule has 0 fully saturated rings. The van der Waals surface area contributed by atoms with Gasteiger partial charge < -0.3 is 11.1 Å². The molecule has 21 heavy (non-hydrogen) atoms. The molecule has 8 nitrogen and oxygen atoms in total. The van der Waals surface area contributed by atoms with Crippen molar-refractivity contribution in [1.82, 2.24) is 5.32 Å². The first-order chi connectivity index (χ1) is 9.95. The molecule has 0 heterocycles. The molecular weight excluding hydrogens is 276 g/mol. The van der Waals surface area contributed by atoms with E-state index in [0.717, 1.165) is 6.07 Å². The van der Waals surface area contributed by atoms with Crippen molar-refractivity contribution >= 4 is 17.5 Å². The Balaban J connectivity index is 2.77. The van der Waals surface area contributed by atoms with Gasteiger partial charge in [0.1, 0.15) is 6.04 Å². The van der Waals surface area contributed by atoms with E-state index >= 15 is 0 Å². The van der Waals surface area contributed by atoms with Crippen LogP contribution in [0.1, 0.15) is 29.6 Å². The third kappa shape index (κ3) is 4.91. The minimum atomic E-state index is -0.912. The van der Waals surface area contributed by atoms with Gasteiger partial charge in [0, 0.05) is 24.1 Å². The van der Waals surface area contributed by atoms with Gasteiger partial charge in [-0.3, -0.25) is 19.7 Å². The highest BCUT2D eigenvalue weighted by Crippen LogP contribution is 2.13. The average Bonchev–Trinajstić information content (AvgIpc) is 2.46. The van der Waals surface area contributed by atoms with E-state index in [1.165, 1.54) is 18.2 Å². The maximum Gasteiger partial charge on any atom is 0.270 e. The number of nitriles is 1. The van der Waals surface area contributed by atoms with Gasteiger partial charge in [0.2, 0.25) is 5.91 Å². The van der Waals surface area contributed by atoms with Gasteiger partial charge in [-0.25, -0.2) is 0 Å². The zero-order chi connectivity index (χ0) is 15.8.